The highest BCUT2D eigenvalue weighted by molar-refractivity contribution is 5.57. The third-order valence-corrected chi connectivity index (χ3v) is 5.95. The van der Waals surface area contributed by atoms with Crippen LogP contribution in [0.5, 0.6) is 5.75 Å². The number of hydrogen-bond donors (Lipinski definition) is 1. The number of aromatic nitrogens is 3. The fourth-order valence-electron chi connectivity index (χ4n) is 4.45. The number of rotatable bonds is 5. The highest BCUT2D eigenvalue weighted by atomic mass is 19.4. The van der Waals surface area contributed by atoms with Crippen molar-refractivity contribution in [1.82, 2.24) is 19.7 Å². The molecule has 4 rings (SSSR count). The number of methoxy groups -OCH3 is 1. The Morgan fingerprint density at radius 2 is 2.13 bits per heavy atom. The second kappa shape index (κ2) is 8.67. The van der Waals surface area contributed by atoms with Gasteiger partial charge in [0, 0.05) is 24.7 Å². The third-order valence-electron chi connectivity index (χ3n) is 5.95. The van der Waals surface area contributed by atoms with E-state index in [1.54, 1.807) is 7.11 Å². The predicted molar refractivity (Wildman–Crippen MR) is 108 cm³/mol. The van der Waals surface area contributed by atoms with Gasteiger partial charge in [0.05, 0.1) is 7.11 Å². The van der Waals surface area contributed by atoms with Crippen molar-refractivity contribution in [1.29, 1.82) is 0 Å². The molecule has 1 unspecified atom stereocenters. The molecule has 1 aromatic carbocycles. The summed E-state index contributed by atoms with van der Waals surface area (Å²) in [6.45, 7) is 2.45. The number of para-hydroxylation sites is 1. The van der Waals surface area contributed by atoms with Crippen LogP contribution >= 0.6 is 0 Å². The summed E-state index contributed by atoms with van der Waals surface area (Å²) in [5, 5.41) is 6.97. The van der Waals surface area contributed by atoms with Crippen molar-refractivity contribution in [2.75, 3.05) is 32.1 Å². The zero-order chi connectivity index (χ0) is 21.1. The Bertz CT molecular complexity index is 882. The lowest BCUT2D eigenvalue weighted by atomic mass is 9.86. The largest absolute Gasteiger partial charge is 0.496 e. The minimum atomic E-state index is -4.34. The molecular weight excluding hydrogens is 395 g/mol. The van der Waals surface area contributed by atoms with E-state index in [1.165, 1.54) is 6.33 Å². The summed E-state index contributed by atoms with van der Waals surface area (Å²) < 4.78 is 47.0. The topological polar surface area (TPSA) is 55.2 Å². The number of hydrogen-bond acceptors (Lipinski definition) is 5. The third kappa shape index (κ3) is 4.45. The molecule has 2 aliphatic rings. The van der Waals surface area contributed by atoms with Crippen molar-refractivity contribution in [3.05, 3.63) is 42.2 Å². The summed E-state index contributed by atoms with van der Waals surface area (Å²) in [5.41, 5.74) is 1.01. The lowest BCUT2D eigenvalue weighted by molar-refractivity contribution is -0.174. The van der Waals surface area contributed by atoms with Crippen LogP contribution in [0.25, 0.3) is 6.08 Å². The summed E-state index contributed by atoms with van der Waals surface area (Å²) in [6, 6.07) is 5.91. The molecule has 3 atom stereocenters. The number of anilines is 1. The molecule has 1 fully saturated rings. The number of halogens is 3. The lowest BCUT2D eigenvalue weighted by Gasteiger charge is -2.40. The second-order valence-corrected chi connectivity index (χ2v) is 7.88. The van der Waals surface area contributed by atoms with Gasteiger partial charge >= 0.3 is 6.18 Å². The molecule has 30 heavy (non-hydrogen) atoms. The first-order chi connectivity index (χ1) is 14.5. The molecule has 0 amide bonds. The Hall–Kier alpha value is -2.55. The molecule has 1 N–H and O–H groups in total. The van der Waals surface area contributed by atoms with Crippen LogP contribution in [-0.4, -0.2) is 58.6 Å². The summed E-state index contributed by atoms with van der Waals surface area (Å²) in [5.74, 6) is 1.16. The van der Waals surface area contributed by atoms with Gasteiger partial charge in [-0.1, -0.05) is 30.4 Å². The van der Waals surface area contributed by atoms with Gasteiger partial charge in [-0.3, -0.25) is 4.90 Å². The van der Waals surface area contributed by atoms with Gasteiger partial charge in [-0.2, -0.15) is 23.3 Å². The average molecular weight is 421 g/mol. The van der Waals surface area contributed by atoms with E-state index in [0.29, 0.717) is 0 Å². The Morgan fingerprint density at radius 1 is 1.30 bits per heavy atom. The van der Waals surface area contributed by atoms with E-state index in [4.69, 9.17) is 4.74 Å². The molecule has 0 spiro atoms. The second-order valence-electron chi connectivity index (χ2n) is 7.88. The van der Waals surface area contributed by atoms with Gasteiger partial charge in [-0.15, -0.1) is 0 Å². The fraction of sp³-hybridized carbons (Fsp3) is 0.524. The quantitative estimate of drug-likeness (QED) is 0.791. The zero-order valence-electron chi connectivity index (χ0n) is 16.8. The molecule has 0 aliphatic carbocycles. The van der Waals surface area contributed by atoms with Gasteiger partial charge in [0.2, 0.25) is 5.95 Å². The van der Waals surface area contributed by atoms with Crippen LogP contribution in [0.4, 0.5) is 19.1 Å². The maximum Gasteiger partial charge on any atom is 0.411 e. The van der Waals surface area contributed by atoms with Crippen LogP contribution in [0, 0.1) is 5.92 Å². The summed E-state index contributed by atoms with van der Waals surface area (Å²) >= 11 is 0. The van der Waals surface area contributed by atoms with Gasteiger partial charge in [-0.05, 0) is 37.8 Å². The molecule has 2 aromatic rings. The highest BCUT2D eigenvalue weighted by Crippen LogP contribution is 2.40. The van der Waals surface area contributed by atoms with Crippen LogP contribution in [-0.2, 0) is 0 Å². The molecule has 0 radical (unpaired) electrons. The van der Waals surface area contributed by atoms with Crippen LogP contribution in [0.3, 0.4) is 0 Å². The van der Waals surface area contributed by atoms with Crippen LogP contribution in [0.15, 0.2) is 36.7 Å². The van der Waals surface area contributed by atoms with Gasteiger partial charge in [0.15, 0.2) is 6.04 Å². The average Bonchev–Trinajstić information content (AvgIpc) is 3.21. The van der Waals surface area contributed by atoms with Gasteiger partial charge in [0.25, 0.3) is 0 Å². The molecule has 0 saturated carbocycles. The molecule has 1 aromatic heterocycles. The van der Waals surface area contributed by atoms with Crippen molar-refractivity contribution >= 4 is 12.0 Å². The van der Waals surface area contributed by atoms with Crippen molar-refractivity contribution in [2.45, 2.75) is 37.5 Å². The predicted octanol–water partition coefficient (Wildman–Crippen LogP) is 4.00. The maximum absolute atomic E-state index is 13.6. The standard InChI is InChI=1S/C21H26F3N5O/c1-30-18-9-3-2-6-15(18)7-4-10-28-11-5-8-16(13-28)17-12-19(21(22,23)24)29-20(27-17)25-14-26-29/h2-4,6-7,9,14,16-17,19H,5,8,10-13H2,1H3,(H,25,26,27)/b7-4+/t16?,17-,19+/m0/s1. The van der Waals surface area contributed by atoms with E-state index in [2.05, 4.69) is 26.4 Å². The van der Waals surface area contributed by atoms with Gasteiger partial charge in [-0.25, -0.2) is 4.68 Å². The number of likely N-dealkylation sites (tertiary alicyclic amines) is 1. The molecule has 2 aliphatic heterocycles. The number of fused-ring (bicyclic) bond motifs is 1. The normalized spacial score (nSPS) is 25.1. The first-order valence-electron chi connectivity index (χ1n) is 10.2. The van der Waals surface area contributed by atoms with Crippen molar-refractivity contribution < 1.29 is 17.9 Å². The fourth-order valence-corrected chi connectivity index (χ4v) is 4.45. The number of nitrogens with one attached hydrogen (secondary N) is 1. The highest BCUT2D eigenvalue weighted by Gasteiger charge is 2.48. The van der Waals surface area contributed by atoms with E-state index in [1.807, 2.05) is 30.3 Å². The minimum absolute atomic E-state index is 0.0184. The Balaban J connectivity index is 1.40. The van der Waals surface area contributed by atoms with E-state index in [9.17, 15) is 13.2 Å². The SMILES string of the molecule is COc1ccccc1/C=C/CN1CCCC([C@@H]2C[C@H](C(F)(F)F)n3ncnc3N2)C1. The van der Waals surface area contributed by atoms with E-state index in [-0.39, 0.29) is 24.3 Å². The molecule has 6 nitrogen and oxygen atoms in total. The van der Waals surface area contributed by atoms with Crippen LogP contribution in [0.1, 0.15) is 30.9 Å². The molecule has 9 heteroatoms. The number of piperidine rings is 1. The molecule has 1 saturated heterocycles. The molecular formula is C21H26F3N5O. The number of nitrogens with zero attached hydrogens (tertiary/aromatic N) is 4. The number of benzene rings is 1. The van der Waals surface area contributed by atoms with Crippen molar-refractivity contribution in [2.24, 2.45) is 5.92 Å². The summed E-state index contributed by atoms with van der Waals surface area (Å²) in [4.78, 5) is 6.28. The summed E-state index contributed by atoms with van der Waals surface area (Å²) in [7, 11) is 1.65. The van der Waals surface area contributed by atoms with E-state index in [0.717, 1.165) is 48.5 Å². The molecule has 162 valence electrons. The molecule has 3 heterocycles. The Morgan fingerprint density at radius 3 is 2.93 bits per heavy atom. The number of alkyl halides is 3. The monoisotopic (exact) mass is 421 g/mol. The lowest BCUT2D eigenvalue weighted by Crippen LogP contribution is -2.48. The zero-order valence-corrected chi connectivity index (χ0v) is 16.8. The van der Waals surface area contributed by atoms with Gasteiger partial charge in [0.1, 0.15) is 12.1 Å². The van der Waals surface area contributed by atoms with E-state index >= 15 is 0 Å². The molecule has 0 bridgehead atoms. The smallest absolute Gasteiger partial charge is 0.411 e. The van der Waals surface area contributed by atoms with Crippen molar-refractivity contribution in [3.8, 4) is 5.75 Å². The van der Waals surface area contributed by atoms with Gasteiger partial charge < -0.3 is 10.1 Å². The maximum atomic E-state index is 13.6. The Kier molecular flexibility index (Phi) is 5.99. The number of ether oxygens (including phenoxy) is 1. The first-order valence-corrected chi connectivity index (χ1v) is 10.2. The first kappa shape index (κ1) is 20.7. The minimum Gasteiger partial charge on any atom is -0.496 e. The van der Waals surface area contributed by atoms with Crippen LogP contribution in [0.2, 0.25) is 0 Å². The Labute approximate surface area is 173 Å². The summed E-state index contributed by atoms with van der Waals surface area (Å²) in [6.07, 6.45) is 2.81. The van der Waals surface area contributed by atoms with Crippen molar-refractivity contribution in [3.63, 3.8) is 0 Å². The van der Waals surface area contributed by atoms with Crippen LogP contribution < -0.4 is 10.1 Å². The van der Waals surface area contributed by atoms with E-state index < -0.39 is 12.2 Å².